The van der Waals surface area contributed by atoms with Crippen LogP contribution in [0.2, 0.25) is 0 Å². The predicted molar refractivity (Wildman–Crippen MR) is 116 cm³/mol. The topological polar surface area (TPSA) is 79.0 Å². The number of urea groups is 1. The minimum absolute atomic E-state index is 0.318. The fourth-order valence-electron chi connectivity index (χ4n) is 3.31. The summed E-state index contributed by atoms with van der Waals surface area (Å²) in [6.45, 7) is 4.18. The van der Waals surface area contributed by atoms with Gasteiger partial charge < -0.3 is 15.0 Å². The minimum Gasteiger partial charge on any atom is -0.494 e. The number of benzene rings is 2. The van der Waals surface area contributed by atoms with Crippen molar-refractivity contribution in [1.82, 2.24) is 15.1 Å². The monoisotopic (exact) mass is 473 g/mol. The summed E-state index contributed by atoms with van der Waals surface area (Å²) in [5.74, 6) is -0.0132. The first kappa shape index (κ1) is 21.8. The fraction of sp³-hybridized carbons (Fsp3) is 0.318. The van der Waals surface area contributed by atoms with Gasteiger partial charge in [0.05, 0.1) is 6.61 Å². The van der Waals surface area contributed by atoms with Gasteiger partial charge in [0.25, 0.3) is 5.91 Å². The molecule has 1 fully saturated rings. The molecular formula is C22H24BrN3O4. The Morgan fingerprint density at radius 3 is 2.53 bits per heavy atom. The van der Waals surface area contributed by atoms with E-state index in [1.54, 1.807) is 32.2 Å². The Morgan fingerprint density at radius 1 is 1.20 bits per heavy atom. The molecule has 1 N–H and O–H groups in total. The van der Waals surface area contributed by atoms with Crippen molar-refractivity contribution >= 4 is 33.8 Å². The van der Waals surface area contributed by atoms with Gasteiger partial charge >= 0.3 is 6.03 Å². The highest BCUT2D eigenvalue weighted by Gasteiger charge is 2.49. The lowest BCUT2D eigenvalue weighted by Gasteiger charge is -2.23. The summed E-state index contributed by atoms with van der Waals surface area (Å²) < 4.78 is 6.22. The number of halogens is 1. The van der Waals surface area contributed by atoms with Crippen molar-refractivity contribution < 1.29 is 19.1 Å². The second-order valence-corrected chi connectivity index (χ2v) is 8.20. The highest BCUT2D eigenvalue weighted by atomic mass is 79.9. The van der Waals surface area contributed by atoms with Crippen molar-refractivity contribution in [2.45, 2.75) is 25.9 Å². The number of rotatable bonds is 7. The molecule has 1 heterocycles. The van der Waals surface area contributed by atoms with Crippen LogP contribution in [-0.2, 0) is 21.7 Å². The van der Waals surface area contributed by atoms with E-state index in [2.05, 4.69) is 21.2 Å². The molecule has 30 heavy (non-hydrogen) atoms. The zero-order chi connectivity index (χ0) is 21.9. The van der Waals surface area contributed by atoms with Gasteiger partial charge in [0, 0.05) is 18.1 Å². The number of carbonyl (C=O) groups excluding carboxylic acids is 3. The van der Waals surface area contributed by atoms with Gasteiger partial charge in [-0.05, 0) is 49.2 Å². The molecule has 4 amide bonds. The van der Waals surface area contributed by atoms with Crippen LogP contribution < -0.4 is 10.1 Å². The summed E-state index contributed by atoms with van der Waals surface area (Å²) in [4.78, 5) is 40.6. The third-order valence-electron chi connectivity index (χ3n) is 5.05. The maximum Gasteiger partial charge on any atom is 0.325 e. The molecule has 2 aromatic carbocycles. The predicted octanol–water partition coefficient (Wildman–Crippen LogP) is 3.27. The van der Waals surface area contributed by atoms with Crippen molar-refractivity contribution in [3.8, 4) is 5.75 Å². The molecule has 1 aliphatic rings. The molecule has 0 spiro atoms. The van der Waals surface area contributed by atoms with E-state index in [1.807, 2.05) is 37.3 Å². The molecule has 2 aromatic rings. The van der Waals surface area contributed by atoms with Crippen LogP contribution in [0, 0.1) is 0 Å². The van der Waals surface area contributed by atoms with Gasteiger partial charge in [-0.15, -0.1) is 0 Å². The second kappa shape index (κ2) is 8.87. The van der Waals surface area contributed by atoms with E-state index in [1.165, 1.54) is 4.90 Å². The molecule has 0 aromatic heterocycles. The number of nitrogens with zero attached hydrogens (tertiary/aromatic N) is 2. The van der Waals surface area contributed by atoms with E-state index in [9.17, 15) is 14.4 Å². The zero-order valence-corrected chi connectivity index (χ0v) is 18.7. The normalized spacial score (nSPS) is 18.3. The van der Waals surface area contributed by atoms with Gasteiger partial charge in [-0.2, -0.15) is 0 Å². The molecule has 1 saturated heterocycles. The third kappa shape index (κ3) is 4.48. The van der Waals surface area contributed by atoms with Crippen molar-refractivity contribution in [2.75, 3.05) is 20.2 Å². The van der Waals surface area contributed by atoms with Crippen LogP contribution in [-0.4, -0.2) is 47.8 Å². The van der Waals surface area contributed by atoms with Gasteiger partial charge in [-0.3, -0.25) is 14.5 Å². The molecule has 0 saturated carbocycles. The SMILES string of the molecule is CCOc1ccc(CN(C)C(=O)CN2C(=O)N[C@@](C)(c3cccc(Br)c3)C2=O)cc1. The Balaban J connectivity index is 1.67. The van der Waals surface area contributed by atoms with E-state index >= 15 is 0 Å². The quantitative estimate of drug-likeness (QED) is 0.625. The van der Waals surface area contributed by atoms with Crippen molar-refractivity contribution in [3.05, 3.63) is 64.1 Å². The first-order chi connectivity index (χ1) is 14.2. The standard InChI is InChI=1S/C22H24BrN3O4/c1-4-30-18-10-8-15(9-11-18)13-25(3)19(27)14-26-20(28)22(2,24-21(26)29)16-6-5-7-17(23)12-16/h5-12H,4,13-14H2,1-3H3,(H,24,29)/t22-/m0/s1. The smallest absolute Gasteiger partial charge is 0.325 e. The Labute approximate surface area is 184 Å². The first-order valence-electron chi connectivity index (χ1n) is 9.60. The van der Waals surface area contributed by atoms with Crippen LogP contribution in [0.15, 0.2) is 53.0 Å². The maximum atomic E-state index is 13.0. The number of hydrogen-bond donors (Lipinski definition) is 1. The maximum absolute atomic E-state index is 13.0. The summed E-state index contributed by atoms with van der Waals surface area (Å²) >= 11 is 3.38. The second-order valence-electron chi connectivity index (χ2n) is 7.28. The molecule has 0 bridgehead atoms. The fourth-order valence-corrected chi connectivity index (χ4v) is 3.71. The van der Waals surface area contributed by atoms with Crippen LogP contribution in [0.4, 0.5) is 4.79 Å². The average Bonchev–Trinajstić information content (AvgIpc) is 2.93. The van der Waals surface area contributed by atoms with E-state index in [0.29, 0.717) is 18.7 Å². The van der Waals surface area contributed by atoms with Gasteiger partial charge in [-0.25, -0.2) is 4.79 Å². The van der Waals surface area contributed by atoms with Gasteiger partial charge in [0.15, 0.2) is 0 Å². The van der Waals surface area contributed by atoms with E-state index in [-0.39, 0.29) is 12.5 Å². The first-order valence-corrected chi connectivity index (χ1v) is 10.4. The Kier molecular flexibility index (Phi) is 6.45. The Bertz CT molecular complexity index is 963. The zero-order valence-electron chi connectivity index (χ0n) is 17.1. The molecular weight excluding hydrogens is 450 g/mol. The van der Waals surface area contributed by atoms with Crippen molar-refractivity contribution in [3.63, 3.8) is 0 Å². The van der Waals surface area contributed by atoms with Crippen molar-refractivity contribution in [1.29, 1.82) is 0 Å². The number of amides is 4. The number of likely N-dealkylation sites (N-methyl/N-ethyl adjacent to an activating group) is 1. The summed E-state index contributed by atoms with van der Waals surface area (Å²) in [6, 6.07) is 14.1. The van der Waals surface area contributed by atoms with Crippen LogP contribution in [0.25, 0.3) is 0 Å². The molecule has 158 valence electrons. The number of nitrogens with one attached hydrogen (secondary N) is 1. The lowest BCUT2D eigenvalue weighted by molar-refractivity contribution is -0.138. The Morgan fingerprint density at radius 2 is 1.90 bits per heavy atom. The number of imide groups is 1. The molecule has 1 atom stereocenters. The molecule has 0 radical (unpaired) electrons. The summed E-state index contributed by atoms with van der Waals surface area (Å²) in [5.41, 5.74) is 0.354. The molecule has 0 unspecified atom stereocenters. The van der Waals surface area contributed by atoms with Gasteiger partial charge in [-0.1, -0.05) is 40.2 Å². The van der Waals surface area contributed by atoms with E-state index in [4.69, 9.17) is 4.74 Å². The highest BCUT2D eigenvalue weighted by molar-refractivity contribution is 9.10. The lowest BCUT2D eigenvalue weighted by Crippen LogP contribution is -2.43. The highest BCUT2D eigenvalue weighted by Crippen LogP contribution is 2.30. The minimum atomic E-state index is -1.21. The average molecular weight is 474 g/mol. The van der Waals surface area contributed by atoms with Crippen molar-refractivity contribution in [2.24, 2.45) is 0 Å². The largest absolute Gasteiger partial charge is 0.494 e. The molecule has 3 rings (SSSR count). The summed E-state index contributed by atoms with van der Waals surface area (Å²) in [5, 5.41) is 2.72. The Hall–Kier alpha value is -2.87. The van der Waals surface area contributed by atoms with Gasteiger partial charge in [0.1, 0.15) is 17.8 Å². The van der Waals surface area contributed by atoms with Crippen LogP contribution in [0.1, 0.15) is 25.0 Å². The molecule has 8 heteroatoms. The van der Waals surface area contributed by atoms with Crippen LogP contribution >= 0.6 is 15.9 Å². The number of ether oxygens (including phenoxy) is 1. The molecule has 0 aliphatic carbocycles. The van der Waals surface area contributed by atoms with E-state index < -0.39 is 17.5 Å². The van der Waals surface area contributed by atoms with E-state index in [0.717, 1.165) is 20.7 Å². The molecule has 7 nitrogen and oxygen atoms in total. The number of carbonyl (C=O) groups is 3. The third-order valence-corrected chi connectivity index (χ3v) is 5.54. The molecule has 1 aliphatic heterocycles. The summed E-state index contributed by atoms with van der Waals surface area (Å²) in [6.07, 6.45) is 0. The number of hydrogen-bond acceptors (Lipinski definition) is 4. The lowest BCUT2D eigenvalue weighted by atomic mass is 9.92. The summed E-state index contributed by atoms with van der Waals surface area (Å²) in [7, 11) is 1.64. The van der Waals surface area contributed by atoms with Crippen LogP contribution in [0.3, 0.4) is 0 Å². The van der Waals surface area contributed by atoms with Crippen LogP contribution in [0.5, 0.6) is 5.75 Å². The van der Waals surface area contributed by atoms with Gasteiger partial charge in [0.2, 0.25) is 5.91 Å².